The fraction of sp³-hybridized carbons (Fsp3) is 0.259. The van der Waals surface area contributed by atoms with Crippen molar-refractivity contribution in [2.75, 3.05) is 24.7 Å². The topological polar surface area (TPSA) is 166 Å². The van der Waals surface area contributed by atoms with Gasteiger partial charge in [0, 0.05) is 55.1 Å². The standard InChI is InChI=1S/C27H27ClN6O7/c1-14-4-5-17(11-18(14)28)31-26(39)29-13-15-10-16(6-8-21(15)41-27(40)33(2)3)30-19-12-23(36)34(25(19)38)20-7-9-22(35)32-24(20)37/h4-6,8,10-12,20,30H,7,9,13H2,1-3H3,(H2,29,31,39)(H,32,35,37). The third-order valence-corrected chi connectivity index (χ3v) is 6.65. The van der Waals surface area contributed by atoms with E-state index in [-0.39, 0.29) is 30.8 Å². The van der Waals surface area contributed by atoms with Gasteiger partial charge in [-0.25, -0.2) is 9.59 Å². The average molecular weight is 583 g/mol. The molecule has 1 fully saturated rings. The summed E-state index contributed by atoms with van der Waals surface area (Å²) in [5.74, 6) is -2.46. The van der Waals surface area contributed by atoms with E-state index >= 15 is 0 Å². The van der Waals surface area contributed by atoms with Gasteiger partial charge < -0.3 is 25.6 Å². The van der Waals surface area contributed by atoms with Crippen molar-refractivity contribution in [3.8, 4) is 5.75 Å². The lowest BCUT2D eigenvalue weighted by molar-refractivity contribution is -0.149. The third-order valence-electron chi connectivity index (χ3n) is 6.25. The number of rotatable bonds is 7. The minimum Gasteiger partial charge on any atom is -0.410 e. The highest BCUT2D eigenvalue weighted by atomic mass is 35.5. The van der Waals surface area contributed by atoms with Crippen LogP contribution in [-0.4, -0.2) is 65.7 Å². The van der Waals surface area contributed by atoms with Crippen LogP contribution in [0.5, 0.6) is 5.75 Å². The van der Waals surface area contributed by atoms with Crippen molar-refractivity contribution in [1.29, 1.82) is 0 Å². The van der Waals surface area contributed by atoms with Crippen molar-refractivity contribution >= 4 is 58.7 Å². The number of imide groups is 2. The Morgan fingerprint density at radius 1 is 1.10 bits per heavy atom. The summed E-state index contributed by atoms with van der Waals surface area (Å²) < 4.78 is 5.42. The number of carbonyl (C=O) groups is 6. The quantitative estimate of drug-likeness (QED) is 0.361. The normalized spacial score (nSPS) is 16.6. The molecule has 4 rings (SSSR count). The summed E-state index contributed by atoms with van der Waals surface area (Å²) in [7, 11) is 3.03. The maximum absolute atomic E-state index is 13.0. The van der Waals surface area contributed by atoms with Gasteiger partial charge >= 0.3 is 12.1 Å². The van der Waals surface area contributed by atoms with Gasteiger partial charge in [-0.05, 0) is 49.2 Å². The second-order valence-electron chi connectivity index (χ2n) is 9.52. The summed E-state index contributed by atoms with van der Waals surface area (Å²) in [6, 6.07) is 7.94. The predicted octanol–water partition coefficient (Wildman–Crippen LogP) is 2.50. The number of urea groups is 1. The second-order valence-corrected chi connectivity index (χ2v) is 9.93. The number of piperidine rings is 1. The maximum Gasteiger partial charge on any atom is 0.414 e. The first-order chi connectivity index (χ1) is 19.4. The lowest BCUT2D eigenvalue weighted by Crippen LogP contribution is -2.54. The largest absolute Gasteiger partial charge is 0.414 e. The molecule has 0 saturated carbocycles. The number of amides is 7. The van der Waals surface area contributed by atoms with Crippen molar-refractivity contribution in [2.24, 2.45) is 0 Å². The van der Waals surface area contributed by atoms with E-state index in [1.54, 1.807) is 18.2 Å². The van der Waals surface area contributed by atoms with Crippen LogP contribution < -0.4 is 26.0 Å². The molecule has 0 aromatic heterocycles. The minimum atomic E-state index is -1.10. The first-order valence-electron chi connectivity index (χ1n) is 12.5. The van der Waals surface area contributed by atoms with Crippen LogP contribution in [0.1, 0.15) is 24.0 Å². The molecule has 14 heteroatoms. The monoisotopic (exact) mass is 582 g/mol. The van der Waals surface area contributed by atoms with Gasteiger partial charge in [-0.15, -0.1) is 0 Å². The Labute approximate surface area is 239 Å². The molecule has 13 nitrogen and oxygen atoms in total. The van der Waals surface area contributed by atoms with Gasteiger partial charge in [0.1, 0.15) is 17.5 Å². The number of nitrogens with one attached hydrogen (secondary N) is 4. The van der Waals surface area contributed by atoms with Gasteiger partial charge in [0.05, 0.1) is 0 Å². The van der Waals surface area contributed by atoms with Crippen molar-refractivity contribution in [3.05, 3.63) is 64.3 Å². The summed E-state index contributed by atoms with van der Waals surface area (Å²) in [6.07, 6.45) is 0.445. The number of benzene rings is 2. The van der Waals surface area contributed by atoms with Crippen LogP contribution in [0.15, 0.2) is 48.2 Å². The molecule has 1 saturated heterocycles. The van der Waals surface area contributed by atoms with Crippen molar-refractivity contribution in [3.63, 3.8) is 0 Å². The van der Waals surface area contributed by atoms with E-state index in [1.165, 1.54) is 37.2 Å². The molecule has 2 heterocycles. The van der Waals surface area contributed by atoms with Crippen molar-refractivity contribution in [1.82, 2.24) is 20.4 Å². The van der Waals surface area contributed by atoms with Gasteiger partial charge in [0.2, 0.25) is 11.8 Å². The van der Waals surface area contributed by atoms with Crippen LogP contribution in [0.25, 0.3) is 0 Å². The molecule has 2 aliphatic heterocycles. The third kappa shape index (κ3) is 6.81. The van der Waals surface area contributed by atoms with Crippen LogP contribution in [-0.2, 0) is 25.7 Å². The fourth-order valence-corrected chi connectivity index (χ4v) is 4.24. The van der Waals surface area contributed by atoms with Crippen LogP contribution in [0.2, 0.25) is 5.02 Å². The zero-order valence-electron chi connectivity index (χ0n) is 22.4. The molecule has 0 spiro atoms. The molecule has 214 valence electrons. The van der Waals surface area contributed by atoms with E-state index in [0.717, 1.165) is 16.5 Å². The van der Waals surface area contributed by atoms with Crippen molar-refractivity contribution < 1.29 is 33.5 Å². The number of nitrogens with zero attached hydrogens (tertiary/aromatic N) is 2. The lowest BCUT2D eigenvalue weighted by Gasteiger charge is -2.28. The number of hydrogen-bond acceptors (Lipinski definition) is 8. The van der Waals surface area contributed by atoms with Crippen LogP contribution in [0.4, 0.5) is 21.0 Å². The molecule has 0 aliphatic carbocycles. The molecule has 2 aliphatic rings. The zero-order chi connectivity index (χ0) is 29.8. The molecule has 0 bridgehead atoms. The number of ether oxygens (including phenoxy) is 1. The fourth-order valence-electron chi connectivity index (χ4n) is 4.05. The van der Waals surface area contributed by atoms with E-state index in [1.807, 2.05) is 6.92 Å². The Hall–Kier alpha value is -4.91. The zero-order valence-corrected chi connectivity index (χ0v) is 23.1. The molecule has 4 N–H and O–H groups in total. The number of anilines is 2. The Morgan fingerprint density at radius 2 is 1.83 bits per heavy atom. The molecule has 41 heavy (non-hydrogen) atoms. The van der Waals surface area contributed by atoms with Crippen LogP contribution in [0, 0.1) is 6.92 Å². The number of hydrogen-bond donors (Lipinski definition) is 4. The SMILES string of the molecule is Cc1ccc(NC(=O)NCc2cc(NC3=CC(=O)N(C4CCC(=O)NC4=O)C3=O)ccc2OC(=O)N(C)C)cc1Cl. The van der Waals surface area contributed by atoms with Gasteiger partial charge in [0.25, 0.3) is 11.8 Å². The summed E-state index contributed by atoms with van der Waals surface area (Å²) in [5, 5.41) is 10.8. The number of carbonyl (C=O) groups excluding carboxylic acids is 6. The highest BCUT2D eigenvalue weighted by Gasteiger charge is 2.42. The molecule has 0 radical (unpaired) electrons. The first-order valence-corrected chi connectivity index (χ1v) is 12.8. The van der Waals surface area contributed by atoms with Gasteiger partial charge in [-0.2, -0.15) is 0 Å². The van der Waals surface area contributed by atoms with Crippen LogP contribution >= 0.6 is 11.6 Å². The average Bonchev–Trinajstić information content (AvgIpc) is 3.18. The molecule has 2 aromatic rings. The summed E-state index contributed by atoms with van der Waals surface area (Å²) in [4.78, 5) is 76.1. The van der Waals surface area contributed by atoms with E-state index < -0.39 is 41.8 Å². The Balaban J connectivity index is 1.49. The summed E-state index contributed by atoms with van der Waals surface area (Å²) >= 11 is 6.12. The summed E-state index contributed by atoms with van der Waals surface area (Å²) in [5.41, 5.74) is 1.96. The van der Waals surface area contributed by atoms with E-state index in [2.05, 4.69) is 21.3 Å². The first kappa shape index (κ1) is 29.1. The van der Waals surface area contributed by atoms with E-state index in [0.29, 0.717) is 22.0 Å². The van der Waals surface area contributed by atoms with Gasteiger partial charge in [-0.1, -0.05) is 17.7 Å². The highest BCUT2D eigenvalue weighted by molar-refractivity contribution is 6.31. The lowest BCUT2D eigenvalue weighted by atomic mass is 10.0. The predicted molar refractivity (Wildman–Crippen MR) is 148 cm³/mol. The smallest absolute Gasteiger partial charge is 0.410 e. The molecular formula is C27H27ClN6O7. The number of aryl methyl sites for hydroxylation is 1. The number of halogens is 1. The van der Waals surface area contributed by atoms with Crippen molar-refractivity contribution in [2.45, 2.75) is 32.4 Å². The maximum atomic E-state index is 13.0. The Bertz CT molecular complexity index is 1490. The molecular weight excluding hydrogens is 556 g/mol. The summed E-state index contributed by atoms with van der Waals surface area (Å²) in [6.45, 7) is 1.76. The Kier molecular flexibility index (Phi) is 8.57. The van der Waals surface area contributed by atoms with Crippen LogP contribution in [0.3, 0.4) is 0 Å². The molecule has 1 atom stereocenters. The molecule has 7 amide bonds. The van der Waals surface area contributed by atoms with Gasteiger partial charge in [-0.3, -0.25) is 29.4 Å². The van der Waals surface area contributed by atoms with Gasteiger partial charge in [0.15, 0.2) is 0 Å². The molecule has 2 aromatic carbocycles. The second kappa shape index (κ2) is 12.1. The van der Waals surface area contributed by atoms with E-state index in [9.17, 15) is 28.8 Å². The van der Waals surface area contributed by atoms with E-state index in [4.69, 9.17) is 16.3 Å². The highest BCUT2D eigenvalue weighted by Crippen LogP contribution is 2.27. The minimum absolute atomic E-state index is 0.00422. The molecule has 1 unspecified atom stereocenters. The Morgan fingerprint density at radius 3 is 2.51 bits per heavy atom.